The zero-order valence-electron chi connectivity index (χ0n) is 50.1. The molecule has 0 bridgehead atoms. The molecule has 0 spiro atoms. The molecule has 0 saturated heterocycles. The molecule has 10 rings (SSSR count). The van der Waals surface area contributed by atoms with Gasteiger partial charge < -0.3 is 36.8 Å². The largest absolute Gasteiger partial charge is 0.481 e. The first kappa shape index (κ1) is 58.2. The van der Waals surface area contributed by atoms with Crippen LogP contribution in [0.15, 0.2) is 28.3 Å². The van der Waals surface area contributed by atoms with E-state index in [9.17, 15) is 30.0 Å². The molecule has 8 fully saturated rings. The number of carboxylic acid groups (broad SMARTS) is 2. The number of carboxylic acids is 2. The van der Waals surface area contributed by atoms with Crippen LogP contribution in [0.4, 0.5) is 0 Å². The second-order valence-corrected chi connectivity index (χ2v) is 31.9. The summed E-state index contributed by atoms with van der Waals surface area (Å²) in [7, 11) is 3.38. The Bertz CT molecular complexity index is 2220. The summed E-state index contributed by atoms with van der Waals surface area (Å²) in [5.74, 6) is 1.58. The van der Waals surface area contributed by atoms with Crippen molar-refractivity contribution in [1.29, 1.82) is 5.41 Å². The third-order valence-corrected chi connectivity index (χ3v) is 26.7. The second kappa shape index (κ2) is 18.6. The van der Waals surface area contributed by atoms with Gasteiger partial charge in [-0.1, -0.05) is 120 Å². The first-order valence-electron chi connectivity index (χ1n) is 29.9. The first-order chi connectivity index (χ1) is 34.3. The Morgan fingerprint density at radius 2 is 0.880 bits per heavy atom. The van der Waals surface area contributed by atoms with Crippen LogP contribution in [-0.2, 0) is 9.59 Å². The number of fused-ring (bicyclic) bond motifs is 14. The standard InChI is InChI=1S/2C30H48O3.C4H11N5/c2*1-25(2)14-16-30(24(32)33)17-15-28(6)19(20(30)18-25)8-9-22-27(5)12-11-23(31)26(3,4)21(27)10-13-29(22,28)7;1-9(2)4(7)8-3(5)6/h2*8,20-23,31H,9-18H2,1-7H3,(H,32,33);1-2H3,(H5,5,6,7,8)/t2*20-,21-,22+,23-,27-,28+,29+,30-;/m00./s1. The smallest absolute Gasteiger partial charge is 0.310 e. The van der Waals surface area contributed by atoms with Crippen molar-refractivity contribution in [3.05, 3.63) is 23.3 Å². The molecule has 11 nitrogen and oxygen atoms in total. The highest BCUT2D eigenvalue weighted by atomic mass is 16.4. The topological polar surface area (TPSA) is 207 Å². The van der Waals surface area contributed by atoms with Crippen LogP contribution in [0.1, 0.15) is 225 Å². The van der Waals surface area contributed by atoms with E-state index in [1.165, 1.54) is 41.7 Å². The van der Waals surface area contributed by atoms with Crippen molar-refractivity contribution in [2.24, 2.45) is 117 Å². The highest BCUT2D eigenvalue weighted by molar-refractivity contribution is 5.91. The number of guanidine groups is 2. The van der Waals surface area contributed by atoms with Crippen molar-refractivity contribution in [3.8, 4) is 0 Å². The van der Waals surface area contributed by atoms with Gasteiger partial charge in [-0.05, 0) is 218 Å². The molecule has 0 radical (unpaired) electrons. The Morgan fingerprint density at radius 1 is 0.533 bits per heavy atom. The maximum atomic E-state index is 12.8. The average molecular weight is 1040 g/mol. The van der Waals surface area contributed by atoms with E-state index in [-0.39, 0.29) is 90.1 Å². The van der Waals surface area contributed by atoms with Crippen LogP contribution in [0.5, 0.6) is 0 Å². The minimum atomic E-state index is -0.553. The van der Waals surface area contributed by atoms with E-state index >= 15 is 0 Å². The molecule has 0 aromatic carbocycles. The normalized spacial score (nSPS) is 47.1. The van der Waals surface area contributed by atoms with Gasteiger partial charge in [0.15, 0.2) is 5.96 Å². The van der Waals surface area contributed by atoms with E-state index in [1.54, 1.807) is 14.1 Å². The molecule has 10 aliphatic carbocycles. The van der Waals surface area contributed by atoms with Crippen molar-refractivity contribution in [3.63, 3.8) is 0 Å². The monoisotopic (exact) mass is 1040 g/mol. The fourth-order valence-corrected chi connectivity index (χ4v) is 21.5. The molecule has 0 unspecified atom stereocenters. The zero-order chi connectivity index (χ0) is 55.9. The fraction of sp³-hybridized carbons (Fsp3) is 0.875. The number of aliphatic imine (C=N–C) groups is 1. The summed E-state index contributed by atoms with van der Waals surface area (Å²) in [4.78, 5) is 30.5. The van der Waals surface area contributed by atoms with Gasteiger partial charge in [0.2, 0.25) is 5.96 Å². The number of nitrogens with two attached hydrogens (primary N) is 2. The van der Waals surface area contributed by atoms with Gasteiger partial charge in [-0.3, -0.25) is 15.0 Å². The van der Waals surface area contributed by atoms with Crippen molar-refractivity contribution in [1.82, 2.24) is 4.90 Å². The van der Waals surface area contributed by atoms with Crippen LogP contribution in [-0.4, -0.2) is 75.5 Å². The third-order valence-electron chi connectivity index (χ3n) is 26.7. The van der Waals surface area contributed by atoms with Crippen LogP contribution in [0.25, 0.3) is 0 Å². The molecule has 424 valence electrons. The minimum absolute atomic E-state index is 0.0301. The number of aliphatic hydroxyl groups is 2. The lowest BCUT2D eigenvalue weighted by Crippen LogP contribution is -2.65. The molecule has 16 atom stereocenters. The van der Waals surface area contributed by atoms with Crippen molar-refractivity contribution < 1.29 is 30.0 Å². The summed E-state index contributed by atoms with van der Waals surface area (Å²) in [6.45, 7) is 33.9. The van der Waals surface area contributed by atoms with Gasteiger partial charge in [-0.2, -0.15) is 4.99 Å². The maximum Gasteiger partial charge on any atom is 0.310 e. The Morgan fingerprint density at radius 3 is 1.19 bits per heavy atom. The number of aliphatic hydroxyl groups excluding tert-OH is 2. The van der Waals surface area contributed by atoms with E-state index < -0.39 is 22.8 Å². The molecule has 9 N–H and O–H groups in total. The Balaban J connectivity index is 0.000000172. The zero-order valence-corrected chi connectivity index (χ0v) is 50.1. The van der Waals surface area contributed by atoms with Gasteiger partial charge in [0.05, 0.1) is 23.0 Å². The van der Waals surface area contributed by atoms with Crippen molar-refractivity contribution in [2.45, 2.75) is 238 Å². The number of rotatable bonds is 2. The van der Waals surface area contributed by atoms with Gasteiger partial charge in [0, 0.05) is 14.1 Å². The maximum absolute atomic E-state index is 12.8. The number of nitrogens with one attached hydrogen (secondary N) is 1. The Kier molecular flexibility index (Phi) is 14.4. The Hall–Kier alpha value is -2.92. The fourth-order valence-electron chi connectivity index (χ4n) is 21.5. The molecule has 10 aliphatic rings. The molecule has 0 amide bonds. The summed E-state index contributed by atoms with van der Waals surface area (Å²) in [5, 5.41) is 49.8. The number of nitrogens with zero attached hydrogens (tertiary/aromatic N) is 2. The second-order valence-electron chi connectivity index (χ2n) is 31.9. The van der Waals surface area contributed by atoms with E-state index in [0.717, 1.165) is 103 Å². The van der Waals surface area contributed by atoms with Gasteiger partial charge in [-0.15, -0.1) is 0 Å². The lowest BCUT2D eigenvalue weighted by Gasteiger charge is -2.71. The SMILES string of the molecule is CC1(C)CC[C@]2(C(=O)O)CC[C@]3(C)C(=CC[C@@H]4[C@@]5(C)CC[C@H](O)C(C)(C)[C@@H]5CC[C@]43C)[C@@H]2C1.CC1(C)CC[C@]2(C(=O)O)CC[C@]3(C)C(=CC[C@@H]4[C@@]5(C)CC[C@H](O)C(C)(C)[C@@H]5CC[C@]43C)[C@@H]2C1.CN(C)C(=N)N=C(N)N. The number of carbonyl (C=O) groups is 2. The summed E-state index contributed by atoms with van der Waals surface area (Å²) >= 11 is 0. The molecule has 0 aromatic heterocycles. The average Bonchev–Trinajstić information content (AvgIpc) is 3.29. The van der Waals surface area contributed by atoms with Crippen molar-refractivity contribution in [2.75, 3.05) is 14.1 Å². The van der Waals surface area contributed by atoms with Crippen LogP contribution in [0, 0.1) is 106 Å². The third kappa shape index (κ3) is 8.56. The van der Waals surface area contributed by atoms with Crippen LogP contribution < -0.4 is 11.5 Å². The number of allylic oxidation sites excluding steroid dienone is 4. The molecule has 0 aromatic rings. The van der Waals surface area contributed by atoms with Crippen LogP contribution in [0.2, 0.25) is 0 Å². The van der Waals surface area contributed by atoms with Crippen LogP contribution >= 0.6 is 0 Å². The lowest BCUT2D eigenvalue weighted by atomic mass is 9.33. The lowest BCUT2D eigenvalue weighted by molar-refractivity contribution is -0.205. The molecular formula is C64H107N5O6. The van der Waals surface area contributed by atoms with E-state index in [4.69, 9.17) is 16.9 Å². The van der Waals surface area contributed by atoms with Gasteiger partial charge >= 0.3 is 11.9 Å². The number of aliphatic carboxylic acids is 2. The van der Waals surface area contributed by atoms with Gasteiger partial charge in [0.1, 0.15) is 0 Å². The first-order valence-corrected chi connectivity index (χ1v) is 29.9. The van der Waals surface area contributed by atoms with Gasteiger partial charge in [-0.25, -0.2) is 0 Å². The number of hydrogen-bond donors (Lipinski definition) is 7. The predicted molar refractivity (Wildman–Crippen MR) is 303 cm³/mol. The Labute approximate surface area is 454 Å². The molecule has 0 aliphatic heterocycles. The molecule has 75 heavy (non-hydrogen) atoms. The van der Waals surface area contributed by atoms with Crippen molar-refractivity contribution >= 4 is 23.9 Å². The van der Waals surface area contributed by atoms with Crippen LogP contribution in [0.3, 0.4) is 0 Å². The number of hydrogen-bond acceptors (Lipinski definition) is 5. The highest BCUT2D eigenvalue weighted by Gasteiger charge is 2.71. The molecule has 0 heterocycles. The van der Waals surface area contributed by atoms with E-state index in [1.807, 2.05) is 0 Å². The van der Waals surface area contributed by atoms with E-state index in [2.05, 4.69) is 114 Å². The summed E-state index contributed by atoms with van der Waals surface area (Å²) in [6, 6.07) is 0. The summed E-state index contributed by atoms with van der Waals surface area (Å²) in [5.41, 5.74) is 13.3. The molecular weight excluding hydrogens is 935 g/mol. The minimum Gasteiger partial charge on any atom is -0.481 e. The summed E-state index contributed by atoms with van der Waals surface area (Å²) < 4.78 is 0. The highest BCUT2D eigenvalue weighted by Crippen LogP contribution is 2.78. The quantitative estimate of drug-likeness (QED) is 0.0797. The molecule has 11 heteroatoms. The predicted octanol–water partition coefficient (Wildman–Crippen LogP) is 13.2. The van der Waals surface area contributed by atoms with Gasteiger partial charge in [0.25, 0.3) is 0 Å². The summed E-state index contributed by atoms with van der Waals surface area (Å²) in [6.07, 6.45) is 25.2. The van der Waals surface area contributed by atoms with E-state index in [0.29, 0.717) is 23.7 Å². The molecule has 8 saturated carbocycles.